The number of fused-ring (bicyclic) bond motifs is 13. The van der Waals surface area contributed by atoms with Crippen LogP contribution in [0.25, 0.3) is 60.8 Å². The zero-order valence-corrected chi connectivity index (χ0v) is 24.5. The second-order valence-corrected chi connectivity index (χ2v) is 12.7. The molecular formula is C40H27N3O2. The Labute approximate surface area is 259 Å². The molecule has 0 spiro atoms. The van der Waals surface area contributed by atoms with E-state index in [0.29, 0.717) is 5.92 Å². The summed E-state index contributed by atoms with van der Waals surface area (Å²) in [5.74, 6) is 3.84. The van der Waals surface area contributed by atoms with E-state index in [2.05, 4.69) is 83.8 Å². The van der Waals surface area contributed by atoms with Crippen LogP contribution >= 0.6 is 0 Å². The second kappa shape index (κ2) is 8.60. The topological polar surface area (TPSA) is 51.4 Å². The van der Waals surface area contributed by atoms with E-state index in [0.717, 1.165) is 76.6 Å². The van der Waals surface area contributed by atoms with E-state index in [1.165, 1.54) is 43.7 Å². The van der Waals surface area contributed by atoms with E-state index < -0.39 is 0 Å². The molecule has 4 heterocycles. The van der Waals surface area contributed by atoms with Gasteiger partial charge >= 0.3 is 0 Å². The first kappa shape index (κ1) is 24.0. The lowest BCUT2D eigenvalue weighted by molar-refractivity contribution is 0.486. The van der Waals surface area contributed by atoms with Crippen molar-refractivity contribution in [1.29, 1.82) is 0 Å². The smallest absolute Gasteiger partial charge is 0.231 e. The molecule has 5 aromatic carbocycles. The number of para-hydroxylation sites is 1. The molecule has 7 aromatic rings. The lowest BCUT2D eigenvalue weighted by Crippen LogP contribution is -2.31. The van der Waals surface area contributed by atoms with E-state index >= 15 is 0 Å². The maximum atomic E-state index is 6.65. The van der Waals surface area contributed by atoms with Gasteiger partial charge in [0.05, 0.1) is 28.3 Å². The second-order valence-electron chi connectivity index (χ2n) is 12.7. The Balaban J connectivity index is 1.22. The minimum absolute atomic E-state index is 0.148. The van der Waals surface area contributed by atoms with Crippen molar-refractivity contribution in [2.24, 2.45) is 0 Å². The van der Waals surface area contributed by atoms with Gasteiger partial charge in [-0.25, -0.2) is 9.97 Å². The summed E-state index contributed by atoms with van der Waals surface area (Å²) in [5.41, 5.74) is 7.64. The van der Waals surface area contributed by atoms with Crippen molar-refractivity contribution in [2.75, 3.05) is 4.90 Å². The molecular weight excluding hydrogens is 554 g/mol. The standard InChI is InChI=1S/C40H27N3O2/c1-4-12-31-23(8-1)26-21-20-25-27(18-16-22-17-19-28-24-9-2-5-13-32(24)45-39(28)35(22)25)38(26)43(31)40-41-30-11-7-15-34-36(30)37(42-40)29-10-3-6-14-33(29)44-34/h2-4,6-7,9-12,14-21,23,31H,1,5,8,13H2. The van der Waals surface area contributed by atoms with Gasteiger partial charge in [-0.15, -0.1) is 0 Å². The van der Waals surface area contributed by atoms with Crippen LogP contribution in [0.5, 0.6) is 11.5 Å². The lowest BCUT2D eigenvalue weighted by Gasteiger charge is -2.30. The molecule has 5 nitrogen and oxygen atoms in total. The predicted molar refractivity (Wildman–Crippen MR) is 181 cm³/mol. The Kier molecular flexibility index (Phi) is 4.58. The van der Waals surface area contributed by atoms with Crippen LogP contribution in [0.4, 0.5) is 11.6 Å². The molecule has 0 fully saturated rings. The summed E-state index contributed by atoms with van der Waals surface area (Å²) in [4.78, 5) is 13.1. The summed E-state index contributed by atoms with van der Waals surface area (Å²) >= 11 is 0. The first-order valence-corrected chi connectivity index (χ1v) is 16.0. The van der Waals surface area contributed by atoms with Gasteiger partial charge in [0.2, 0.25) is 5.95 Å². The molecule has 0 saturated heterocycles. The number of nitrogens with zero attached hydrogens (tertiary/aromatic N) is 3. The minimum atomic E-state index is 0.148. The zero-order chi connectivity index (χ0) is 29.2. The maximum absolute atomic E-state index is 6.65. The number of furan rings is 1. The number of aromatic nitrogens is 2. The first-order valence-electron chi connectivity index (χ1n) is 16.0. The van der Waals surface area contributed by atoms with Crippen molar-refractivity contribution in [3.63, 3.8) is 0 Å². The van der Waals surface area contributed by atoms with Gasteiger partial charge in [-0.05, 0) is 65.9 Å². The molecule has 0 N–H and O–H groups in total. The minimum Gasteiger partial charge on any atom is -0.460 e. The normalized spacial score (nSPS) is 19.2. The summed E-state index contributed by atoms with van der Waals surface area (Å²) in [6.07, 6.45) is 13.3. The van der Waals surface area contributed by atoms with E-state index in [1.807, 2.05) is 24.3 Å². The molecule has 2 aliphatic carbocycles. The fourth-order valence-corrected chi connectivity index (χ4v) is 8.40. The fraction of sp³-hybridized carbons (Fsp3) is 0.150. The van der Waals surface area contributed by atoms with Crippen LogP contribution in [-0.4, -0.2) is 16.0 Å². The van der Waals surface area contributed by atoms with Crippen LogP contribution in [-0.2, 0) is 6.42 Å². The van der Waals surface area contributed by atoms with Gasteiger partial charge in [-0.1, -0.05) is 72.8 Å². The Morgan fingerprint density at radius 2 is 1.64 bits per heavy atom. The number of benzene rings is 5. The van der Waals surface area contributed by atoms with Crippen LogP contribution in [0.1, 0.15) is 42.1 Å². The molecule has 2 aromatic heterocycles. The summed E-state index contributed by atoms with van der Waals surface area (Å²) in [7, 11) is 0. The first-order chi connectivity index (χ1) is 22.3. The summed E-state index contributed by atoms with van der Waals surface area (Å²) in [6, 6.07) is 28.2. The predicted octanol–water partition coefficient (Wildman–Crippen LogP) is 10.4. The average Bonchev–Trinajstić information content (AvgIpc) is 3.64. The largest absolute Gasteiger partial charge is 0.460 e. The highest BCUT2D eigenvalue weighted by molar-refractivity contribution is 6.22. The number of allylic oxidation sites excluding steroid dienone is 2. The Bertz CT molecular complexity index is 2500. The highest BCUT2D eigenvalue weighted by atomic mass is 16.5. The number of anilines is 2. The molecule has 45 heavy (non-hydrogen) atoms. The quantitative estimate of drug-likeness (QED) is 0.143. The van der Waals surface area contributed by atoms with E-state index in [9.17, 15) is 0 Å². The van der Waals surface area contributed by atoms with Gasteiger partial charge < -0.3 is 14.1 Å². The Morgan fingerprint density at radius 3 is 2.62 bits per heavy atom. The third-order valence-corrected chi connectivity index (χ3v) is 10.4. The maximum Gasteiger partial charge on any atom is 0.231 e. The van der Waals surface area contributed by atoms with Gasteiger partial charge in [0.25, 0.3) is 0 Å². The van der Waals surface area contributed by atoms with Crippen molar-refractivity contribution >= 4 is 61.1 Å². The monoisotopic (exact) mass is 581 g/mol. The molecule has 4 aliphatic rings. The van der Waals surface area contributed by atoms with E-state index in [4.69, 9.17) is 19.1 Å². The fourth-order valence-electron chi connectivity index (χ4n) is 8.40. The number of rotatable bonds is 1. The van der Waals surface area contributed by atoms with Gasteiger partial charge in [0.15, 0.2) is 0 Å². The highest BCUT2D eigenvalue weighted by Crippen LogP contribution is 2.54. The van der Waals surface area contributed by atoms with Crippen LogP contribution in [0.3, 0.4) is 0 Å². The van der Waals surface area contributed by atoms with E-state index in [1.54, 1.807) is 0 Å². The van der Waals surface area contributed by atoms with Crippen LogP contribution in [0, 0.1) is 0 Å². The van der Waals surface area contributed by atoms with Crippen LogP contribution in [0.2, 0.25) is 0 Å². The van der Waals surface area contributed by atoms with Crippen LogP contribution < -0.4 is 9.64 Å². The summed E-state index contributed by atoms with van der Waals surface area (Å²) in [6.45, 7) is 0. The number of hydrogen-bond acceptors (Lipinski definition) is 5. The number of aryl methyl sites for hydroxylation is 1. The van der Waals surface area contributed by atoms with Crippen molar-refractivity contribution in [3.8, 4) is 22.8 Å². The Morgan fingerprint density at radius 1 is 0.756 bits per heavy atom. The molecule has 0 amide bonds. The van der Waals surface area contributed by atoms with Crippen molar-refractivity contribution < 1.29 is 9.15 Å². The van der Waals surface area contributed by atoms with Gasteiger partial charge in [0, 0.05) is 39.6 Å². The zero-order valence-electron chi connectivity index (χ0n) is 24.5. The third kappa shape index (κ3) is 3.12. The summed E-state index contributed by atoms with van der Waals surface area (Å²) < 4.78 is 13.0. The summed E-state index contributed by atoms with van der Waals surface area (Å²) in [5, 5.41) is 6.98. The molecule has 5 heteroatoms. The van der Waals surface area contributed by atoms with Gasteiger partial charge in [-0.2, -0.15) is 0 Å². The molecule has 0 radical (unpaired) electrons. The van der Waals surface area contributed by atoms with Gasteiger partial charge in [-0.3, -0.25) is 0 Å². The Hall–Kier alpha value is -5.42. The lowest BCUT2D eigenvalue weighted by atomic mass is 9.85. The highest BCUT2D eigenvalue weighted by Gasteiger charge is 2.42. The number of hydrogen-bond donors (Lipinski definition) is 0. The molecule has 0 saturated carbocycles. The average molecular weight is 582 g/mol. The van der Waals surface area contributed by atoms with Crippen molar-refractivity contribution in [2.45, 2.75) is 37.6 Å². The molecule has 11 rings (SSSR count). The van der Waals surface area contributed by atoms with Gasteiger partial charge in [0.1, 0.15) is 22.8 Å². The molecule has 214 valence electrons. The number of ether oxygens (including phenoxy) is 1. The molecule has 2 unspecified atom stereocenters. The third-order valence-electron chi connectivity index (χ3n) is 10.4. The molecule has 2 aliphatic heterocycles. The van der Waals surface area contributed by atoms with Crippen molar-refractivity contribution in [3.05, 3.63) is 114 Å². The molecule has 0 bridgehead atoms. The van der Waals surface area contributed by atoms with Crippen LogP contribution in [0.15, 0.2) is 102 Å². The molecule has 2 atom stereocenters. The van der Waals surface area contributed by atoms with E-state index in [-0.39, 0.29) is 6.04 Å². The van der Waals surface area contributed by atoms with Crippen molar-refractivity contribution in [1.82, 2.24) is 9.97 Å². The SMILES string of the molecule is C1=Cc2c(oc3c2ccc2ccc4c5c(ccc4c23)C2CCC=CC2N5c2nc3c4c(cccc4n2)Oc2ccccc2-3)CC1.